The maximum atomic E-state index is 13.2. The molecule has 0 radical (unpaired) electrons. The van der Waals surface area contributed by atoms with Gasteiger partial charge in [0.15, 0.2) is 0 Å². The highest BCUT2D eigenvalue weighted by atomic mass is 32.2. The van der Waals surface area contributed by atoms with Crippen molar-refractivity contribution in [2.75, 3.05) is 6.26 Å². The number of amides is 2. The number of thioether (sulfide) groups is 1. The van der Waals surface area contributed by atoms with E-state index in [1.807, 2.05) is 20.1 Å². The lowest BCUT2D eigenvalue weighted by Gasteiger charge is -2.32. The van der Waals surface area contributed by atoms with Crippen molar-refractivity contribution in [3.63, 3.8) is 0 Å². The number of rotatable bonds is 9. The van der Waals surface area contributed by atoms with Crippen molar-refractivity contribution in [3.8, 4) is 0 Å². The molecule has 1 aliphatic rings. The number of Topliss-reactive ketones (excluding diaryl/α,β-unsaturated/α-hetero) is 1. The minimum Gasteiger partial charge on any atom is -0.384 e. The molecule has 3 rings (SSSR count). The first-order chi connectivity index (χ1) is 15.8. The van der Waals surface area contributed by atoms with Gasteiger partial charge in [0.1, 0.15) is 5.03 Å². The number of hydrogen-bond donors (Lipinski definition) is 3. The lowest BCUT2D eigenvalue weighted by atomic mass is 9.83. The Bertz CT molecular complexity index is 1050. The van der Waals surface area contributed by atoms with Crippen molar-refractivity contribution in [2.24, 2.45) is 11.8 Å². The molecule has 178 valence electrons. The van der Waals surface area contributed by atoms with E-state index in [1.54, 1.807) is 18.3 Å². The molecule has 3 N–H and O–H groups in total. The minimum absolute atomic E-state index is 0.0994. The summed E-state index contributed by atoms with van der Waals surface area (Å²) in [4.78, 5) is 54.4. The zero-order chi connectivity index (χ0) is 24.0. The summed E-state index contributed by atoms with van der Waals surface area (Å²) in [5.74, 6) is -2.72. The third-order valence-electron chi connectivity index (χ3n) is 5.62. The molecule has 0 aliphatic heterocycles. The van der Waals surface area contributed by atoms with Crippen LogP contribution in [0, 0.1) is 11.8 Å². The Morgan fingerprint density at radius 1 is 1.27 bits per heavy atom. The van der Waals surface area contributed by atoms with Crippen LogP contribution in [0.15, 0.2) is 32.6 Å². The van der Waals surface area contributed by atoms with Gasteiger partial charge in [-0.2, -0.15) is 0 Å². The van der Waals surface area contributed by atoms with Gasteiger partial charge in [-0.25, -0.2) is 14.9 Å². The van der Waals surface area contributed by atoms with Crippen LogP contribution in [0.2, 0.25) is 0 Å². The average molecular weight is 476 g/mol. The molecule has 0 saturated heterocycles. The minimum atomic E-state index is -0.886. The zero-order valence-corrected chi connectivity index (χ0v) is 19.7. The fourth-order valence-corrected chi connectivity index (χ4v) is 4.60. The highest BCUT2D eigenvalue weighted by Gasteiger charge is 2.35. The van der Waals surface area contributed by atoms with E-state index >= 15 is 0 Å². The van der Waals surface area contributed by atoms with Gasteiger partial charge in [0.2, 0.25) is 11.7 Å². The maximum absolute atomic E-state index is 13.2. The van der Waals surface area contributed by atoms with Gasteiger partial charge in [0.05, 0.1) is 17.5 Å². The molecule has 2 aromatic rings. The smallest absolute Gasteiger partial charge is 0.384 e. The largest absolute Gasteiger partial charge is 0.434 e. The third-order valence-corrected chi connectivity index (χ3v) is 6.33. The number of aromatic nitrogens is 3. The lowest BCUT2D eigenvalue weighted by Crippen LogP contribution is -2.52. The fraction of sp³-hybridized carbons (Fsp3) is 0.545. The first-order valence-electron chi connectivity index (χ1n) is 11.0. The molecule has 33 heavy (non-hydrogen) atoms. The van der Waals surface area contributed by atoms with Gasteiger partial charge in [0, 0.05) is 12.2 Å². The Morgan fingerprint density at radius 2 is 2.03 bits per heavy atom. The second-order valence-corrected chi connectivity index (χ2v) is 9.30. The molecule has 1 unspecified atom stereocenters. The molecular formula is C22H29N5O5S. The molecule has 3 atom stereocenters. The molecular weight excluding hydrogens is 446 g/mol. The van der Waals surface area contributed by atoms with E-state index in [4.69, 9.17) is 4.42 Å². The second-order valence-electron chi connectivity index (χ2n) is 8.50. The van der Waals surface area contributed by atoms with E-state index in [-0.39, 0.29) is 29.7 Å². The molecule has 2 aromatic heterocycles. The van der Waals surface area contributed by atoms with Crippen LogP contribution in [-0.2, 0) is 4.79 Å². The molecule has 2 amide bonds. The van der Waals surface area contributed by atoms with Gasteiger partial charge in [0.25, 0.3) is 11.8 Å². The Hall–Kier alpha value is -2.95. The summed E-state index contributed by atoms with van der Waals surface area (Å²) in [7, 11) is 0. The third kappa shape index (κ3) is 6.31. The standard InChI is InChI=1S/C22H29N5O5S/c1-12(2)11-16(17(28)20-26-27-22(31)32-20)25-18(29)13-7-4-5-9-15(13)24-19(30)14-8-6-10-23-21(14)33-3/h6,8,10,12-13,15-16H,4-5,7,9,11H2,1-3H3,(H,24,30)(H,25,29)(H,27,31)/t13-,15+,16?/m1/s1. The number of nitrogens with one attached hydrogen (secondary N) is 3. The number of pyridine rings is 1. The Morgan fingerprint density at radius 3 is 2.70 bits per heavy atom. The predicted octanol–water partition coefficient (Wildman–Crippen LogP) is 2.18. The monoisotopic (exact) mass is 475 g/mol. The predicted molar refractivity (Wildman–Crippen MR) is 122 cm³/mol. The Balaban J connectivity index is 1.74. The van der Waals surface area contributed by atoms with Crippen molar-refractivity contribution in [1.29, 1.82) is 0 Å². The molecule has 2 heterocycles. The van der Waals surface area contributed by atoms with Crippen molar-refractivity contribution in [3.05, 3.63) is 40.3 Å². The van der Waals surface area contributed by atoms with Crippen LogP contribution < -0.4 is 16.4 Å². The van der Waals surface area contributed by atoms with Crippen molar-refractivity contribution < 1.29 is 18.8 Å². The summed E-state index contributed by atoms with van der Waals surface area (Å²) in [5, 5.41) is 12.1. The van der Waals surface area contributed by atoms with Gasteiger partial charge in [-0.3, -0.25) is 14.4 Å². The molecule has 10 nitrogen and oxygen atoms in total. The number of nitrogens with zero attached hydrogens (tertiary/aromatic N) is 2. The van der Waals surface area contributed by atoms with Crippen LogP contribution in [0.25, 0.3) is 0 Å². The van der Waals surface area contributed by atoms with Gasteiger partial charge in [-0.05, 0) is 43.6 Å². The van der Waals surface area contributed by atoms with Crippen LogP contribution in [0.3, 0.4) is 0 Å². The molecule has 1 fully saturated rings. The molecule has 0 aromatic carbocycles. The van der Waals surface area contributed by atoms with Crippen LogP contribution in [-0.4, -0.2) is 51.1 Å². The SMILES string of the molecule is CSc1ncccc1C(=O)N[C@H]1CCCC[C@H]1C(=O)NC(CC(C)C)C(=O)c1n[nH]c(=O)o1. The molecule has 0 spiro atoms. The second kappa shape index (κ2) is 11.3. The van der Waals surface area contributed by atoms with Crippen LogP contribution in [0.5, 0.6) is 0 Å². The summed E-state index contributed by atoms with van der Waals surface area (Å²) < 4.78 is 4.79. The lowest BCUT2D eigenvalue weighted by molar-refractivity contribution is -0.127. The van der Waals surface area contributed by atoms with E-state index in [2.05, 4.69) is 25.8 Å². The Kier molecular flexibility index (Phi) is 8.43. The molecule has 1 aliphatic carbocycles. The number of carbonyl (C=O) groups is 3. The van der Waals surface area contributed by atoms with Crippen molar-refractivity contribution >= 4 is 29.4 Å². The number of hydrogen-bond acceptors (Lipinski definition) is 8. The van der Waals surface area contributed by atoms with Gasteiger partial charge >= 0.3 is 5.76 Å². The van der Waals surface area contributed by atoms with E-state index in [0.717, 1.165) is 12.8 Å². The number of aromatic amines is 1. The summed E-state index contributed by atoms with van der Waals surface area (Å²) in [6, 6.07) is 2.17. The quantitative estimate of drug-likeness (QED) is 0.369. The van der Waals surface area contributed by atoms with Gasteiger partial charge in [-0.1, -0.05) is 26.7 Å². The van der Waals surface area contributed by atoms with Crippen molar-refractivity contribution in [2.45, 2.75) is 63.1 Å². The number of carbonyl (C=O) groups excluding carboxylic acids is 3. The first-order valence-corrected chi connectivity index (χ1v) is 12.2. The first kappa shape index (κ1) is 24.7. The fourth-order valence-electron chi connectivity index (χ4n) is 4.06. The van der Waals surface area contributed by atoms with E-state index < -0.39 is 23.5 Å². The topological polar surface area (TPSA) is 147 Å². The highest BCUT2D eigenvalue weighted by molar-refractivity contribution is 7.98. The maximum Gasteiger partial charge on any atom is 0.434 e. The zero-order valence-electron chi connectivity index (χ0n) is 18.9. The van der Waals surface area contributed by atoms with Crippen LogP contribution in [0.4, 0.5) is 0 Å². The Labute approximate surface area is 195 Å². The summed E-state index contributed by atoms with van der Waals surface area (Å²) >= 11 is 1.38. The molecule has 1 saturated carbocycles. The average Bonchev–Trinajstić information content (AvgIpc) is 3.24. The highest BCUT2D eigenvalue weighted by Crippen LogP contribution is 2.26. The summed E-state index contributed by atoms with van der Waals surface area (Å²) in [5.41, 5.74) is 0.469. The summed E-state index contributed by atoms with van der Waals surface area (Å²) in [6.07, 6.45) is 6.84. The number of H-pyrrole nitrogens is 1. The normalized spacial score (nSPS) is 19.2. The van der Waals surface area contributed by atoms with E-state index in [9.17, 15) is 19.2 Å². The van der Waals surface area contributed by atoms with Crippen LogP contribution in [0.1, 0.15) is 67.0 Å². The molecule has 11 heteroatoms. The van der Waals surface area contributed by atoms with E-state index in [1.165, 1.54) is 11.8 Å². The van der Waals surface area contributed by atoms with E-state index in [0.29, 0.717) is 29.9 Å². The summed E-state index contributed by atoms with van der Waals surface area (Å²) in [6.45, 7) is 3.85. The van der Waals surface area contributed by atoms with Crippen molar-refractivity contribution in [1.82, 2.24) is 25.8 Å². The van der Waals surface area contributed by atoms with Crippen LogP contribution >= 0.6 is 11.8 Å². The number of ketones is 1. The van der Waals surface area contributed by atoms with Gasteiger partial charge in [-0.15, -0.1) is 16.9 Å². The molecule has 0 bridgehead atoms. The van der Waals surface area contributed by atoms with Gasteiger partial charge < -0.3 is 15.1 Å².